The zero-order valence-corrected chi connectivity index (χ0v) is 23.9. The molecule has 0 saturated carbocycles. The molecule has 1 atom stereocenters. The average molecular weight is 592 g/mol. The lowest BCUT2D eigenvalue weighted by atomic mass is 9.96. The molecule has 1 amide bonds. The Morgan fingerprint density at radius 3 is 2.70 bits per heavy atom. The fraction of sp³-hybridized carbons (Fsp3) is 0.242. The maximum Gasteiger partial charge on any atom is 0.340 e. The number of amides is 1. The molecule has 11 heteroatoms. The SMILES string of the molecule is Cc1c2c(nc3ccc4ncc(-c5ccc(CCOCNC(=O)CN)cc5)cc4c13)-c1cc3c(c(=O)n1C2)COC(=O)C3O. The number of hydrogen-bond acceptors (Lipinski definition) is 9. The summed E-state index contributed by atoms with van der Waals surface area (Å²) in [6, 6.07) is 15.9. The highest BCUT2D eigenvalue weighted by Gasteiger charge is 2.34. The first-order valence-electron chi connectivity index (χ1n) is 14.3. The van der Waals surface area contributed by atoms with E-state index in [2.05, 4.69) is 23.5 Å². The highest BCUT2D eigenvalue weighted by molar-refractivity contribution is 6.09. The Morgan fingerprint density at radius 1 is 1.11 bits per heavy atom. The summed E-state index contributed by atoms with van der Waals surface area (Å²) in [5.74, 6) is -1.01. The predicted molar refractivity (Wildman–Crippen MR) is 162 cm³/mol. The molecule has 0 fully saturated rings. The van der Waals surface area contributed by atoms with Crippen LogP contribution in [0.4, 0.5) is 0 Å². The monoisotopic (exact) mass is 591 g/mol. The Hall–Kier alpha value is -4.97. The summed E-state index contributed by atoms with van der Waals surface area (Å²) in [5, 5.41) is 14.9. The molecule has 0 spiro atoms. The van der Waals surface area contributed by atoms with Crippen LogP contribution in [0.25, 0.3) is 44.3 Å². The van der Waals surface area contributed by atoms with E-state index in [0.29, 0.717) is 36.5 Å². The third-order valence-electron chi connectivity index (χ3n) is 8.44. The van der Waals surface area contributed by atoms with Crippen molar-refractivity contribution < 1.29 is 24.2 Å². The van der Waals surface area contributed by atoms with Gasteiger partial charge >= 0.3 is 5.97 Å². The first kappa shape index (κ1) is 27.8. The molecule has 0 bridgehead atoms. The topological polar surface area (TPSA) is 159 Å². The van der Waals surface area contributed by atoms with Crippen molar-refractivity contribution in [3.8, 4) is 22.5 Å². The van der Waals surface area contributed by atoms with Gasteiger partial charge in [-0.05, 0) is 54.3 Å². The molecule has 4 N–H and O–H groups in total. The number of carbonyl (C=O) groups is 2. The fourth-order valence-electron chi connectivity index (χ4n) is 6.04. The quantitative estimate of drug-likeness (QED) is 0.110. The second-order valence-corrected chi connectivity index (χ2v) is 11.0. The van der Waals surface area contributed by atoms with Gasteiger partial charge in [-0.1, -0.05) is 24.3 Å². The zero-order chi connectivity index (χ0) is 30.5. The molecule has 0 radical (unpaired) electrons. The van der Waals surface area contributed by atoms with Gasteiger partial charge in [0.05, 0.1) is 47.7 Å². The van der Waals surface area contributed by atoms with E-state index in [1.165, 1.54) is 0 Å². The van der Waals surface area contributed by atoms with Gasteiger partial charge in [0, 0.05) is 33.7 Å². The first-order valence-corrected chi connectivity index (χ1v) is 14.3. The van der Waals surface area contributed by atoms with E-state index in [4.69, 9.17) is 25.2 Å². The fourth-order valence-corrected chi connectivity index (χ4v) is 6.04. The number of nitrogens with zero attached hydrogens (tertiary/aromatic N) is 3. The van der Waals surface area contributed by atoms with Crippen LogP contribution in [0.2, 0.25) is 0 Å². The number of aromatic nitrogens is 3. The number of carbonyl (C=O) groups excluding carboxylic acids is 2. The molecule has 5 aromatic rings. The second-order valence-electron chi connectivity index (χ2n) is 11.0. The number of aliphatic hydroxyl groups excluding tert-OH is 1. The summed E-state index contributed by atoms with van der Waals surface area (Å²) in [6.07, 6.45) is 1.07. The van der Waals surface area contributed by atoms with Gasteiger partial charge in [-0.2, -0.15) is 0 Å². The van der Waals surface area contributed by atoms with Crippen molar-refractivity contribution in [3.05, 3.63) is 92.9 Å². The molecular weight excluding hydrogens is 562 g/mol. The largest absolute Gasteiger partial charge is 0.458 e. The lowest BCUT2D eigenvalue weighted by Crippen LogP contribution is -2.32. The molecule has 2 aromatic carbocycles. The molecular formula is C33H29N5O6. The van der Waals surface area contributed by atoms with Crippen LogP contribution in [0.1, 0.15) is 33.9 Å². The standard InChI is InChI=1S/C33H29N5O6/c1-17-23-14-38-27(11-21-24(32(38)41)15-44-33(42)31(21)40)30(23)37-26-7-6-25-22(29(17)26)10-20(13-35-25)19-4-2-18(3-5-19)8-9-43-16-36-28(39)12-34/h2-7,10-11,13,31,40H,8-9,12,14-16,34H2,1H3,(H,36,39). The molecule has 3 aromatic heterocycles. The summed E-state index contributed by atoms with van der Waals surface area (Å²) in [5.41, 5.74) is 13.4. The van der Waals surface area contributed by atoms with Gasteiger partial charge in [-0.15, -0.1) is 0 Å². The second kappa shape index (κ2) is 10.9. The molecule has 222 valence electrons. The van der Waals surface area contributed by atoms with Crippen molar-refractivity contribution in [2.45, 2.75) is 32.6 Å². The Kier molecular flexibility index (Phi) is 6.92. The van der Waals surface area contributed by atoms with Crippen LogP contribution >= 0.6 is 0 Å². The average Bonchev–Trinajstić information content (AvgIpc) is 3.42. The molecule has 11 nitrogen and oxygen atoms in total. The van der Waals surface area contributed by atoms with Crippen LogP contribution < -0.4 is 16.6 Å². The maximum atomic E-state index is 13.4. The Balaban J connectivity index is 1.21. The van der Waals surface area contributed by atoms with Gasteiger partial charge in [0.25, 0.3) is 5.56 Å². The summed E-state index contributed by atoms with van der Waals surface area (Å²) < 4.78 is 12.1. The number of rotatable bonds is 7. The van der Waals surface area contributed by atoms with Crippen LogP contribution in [-0.2, 0) is 38.6 Å². The van der Waals surface area contributed by atoms with Crippen molar-refractivity contribution in [1.82, 2.24) is 19.9 Å². The van der Waals surface area contributed by atoms with Crippen LogP contribution in [-0.4, -0.2) is 51.4 Å². The highest BCUT2D eigenvalue weighted by Crippen LogP contribution is 2.39. The van der Waals surface area contributed by atoms with Gasteiger partial charge in [0.15, 0.2) is 6.10 Å². The van der Waals surface area contributed by atoms with Gasteiger partial charge in [0.2, 0.25) is 5.91 Å². The number of pyridine rings is 3. The summed E-state index contributed by atoms with van der Waals surface area (Å²) >= 11 is 0. The van der Waals surface area contributed by atoms with Crippen LogP contribution in [0.15, 0.2) is 59.5 Å². The van der Waals surface area contributed by atoms with Gasteiger partial charge < -0.3 is 30.2 Å². The number of cyclic esters (lactones) is 1. The molecule has 5 heterocycles. The number of aryl methyl sites for hydroxylation is 1. The van der Waals surface area contributed by atoms with Crippen LogP contribution in [0.3, 0.4) is 0 Å². The molecule has 1 unspecified atom stereocenters. The molecule has 0 aliphatic carbocycles. The van der Waals surface area contributed by atoms with Crippen molar-refractivity contribution >= 4 is 33.7 Å². The Morgan fingerprint density at radius 2 is 1.91 bits per heavy atom. The van der Waals surface area contributed by atoms with E-state index in [0.717, 1.165) is 49.6 Å². The van der Waals surface area contributed by atoms with E-state index < -0.39 is 12.1 Å². The minimum atomic E-state index is -1.49. The Labute approximate surface area is 251 Å². The number of aliphatic hydroxyl groups is 1. The van der Waals surface area contributed by atoms with Gasteiger partial charge in [0.1, 0.15) is 13.3 Å². The number of hydrogen-bond donors (Lipinski definition) is 3. The van der Waals surface area contributed by atoms with E-state index >= 15 is 0 Å². The minimum absolute atomic E-state index is 0.0638. The minimum Gasteiger partial charge on any atom is -0.458 e. The number of fused-ring (bicyclic) bond motifs is 7. The maximum absolute atomic E-state index is 13.4. The predicted octanol–water partition coefficient (Wildman–Crippen LogP) is 2.63. The van der Waals surface area contributed by atoms with Crippen molar-refractivity contribution in [2.24, 2.45) is 5.73 Å². The van der Waals surface area contributed by atoms with Crippen LogP contribution in [0.5, 0.6) is 0 Å². The lowest BCUT2D eigenvalue weighted by molar-refractivity contribution is -0.157. The molecule has 0 saturated heterocycles. The smallest absolute Gasteiger partial charge is 0.340 e. The van der Waals surface area contributed by atoms with Crippen molar-refractivity contribution in [1.29, 1.82) is 0 Å². The molecule has 7 rings (SSSR count). The molecule has 44 heavy (non-hydrogen) atoms. The number of esters is 1. The third kappa shape index (κ3) is 4.62. The number of nitrogens with one attached hydrogen (secondary N) is 1. The van der Waals surface area contributed by atoms with Crippen molar-refractivity contribution in [2.75, 3.05) is 19.9 Å². The lowest BCUT2D eigenvalue weighted by Gasteiger charge is -2.21. The third-order valence-corrected chi connectivity index (χ3v) is 8.44. The zero-order valence-electron chi connectivity index (χ0n) is 23.9. The van der Waals surface area contributed by atoms with Crippen molar-refractivity contribution in [3.63, 3.8) is 0 Å². The molecule has 2 aliphatic heterocycles. The summed E-state index contributed by atoms with van der Waals surface area (Å²) in [7, 11) is 0. The van der Waals surface area contributed by atoms with Crippen LogP contribution in [0, 0.1) is 6.92 Å². The first-order chi connectivity index (χ1) is 21.3. The number of benzene rings is 2. The van der Waals surface area contributed by atoms with Gasteiger partial charge in [-0.3, -0.25) is 14.6 Å². The van der Waals surface area contributed by atoms with E-state index in [1.807, 2.05) is 37.4 Å². The molecule has 2 aliphatic rings. The van der Waals surface area contributed by atoms with E-state index in [-0.39, 0.29) is 36.9 Å². The number of ether oxygens (including phenoxy) is 2. The van der Waals surface area contributed by atoms with E-state index in [9.17, 15) is 19.5 Å². The Bertz CT molecular complexity index is 2050. The highest BCUT2D eigenvalue weighted by atomic mass is 16.5. The summed E-state index contributed by atoms with van der Waals surface area (Å²) in [4.78, 5) is 46.3. The van der Waals surface area contributed by atoms with Gasteiger partial charge in [-0.25, -0.2) is 9.78 Å². The normalized spacial score (nSPS) is 15.2. The summed E-state index contributed by atoms with van der Waals surface area (Å²) in [6.45, 7) is 2.75. The number of nitrogens with two attached hydrogens (primary N) is 1. The van der Waals surface area contributed by atoms with E-state index in [1.54, 1.807) is 10.6 Å².